The molecule has 0 aliphatic heterocycles. The van der Waals surface area contributed by atoms with Crippen LogP contribution in [0.1, 0.15) is 10.4 Å². The molecule has 0 bridgehead atoms. The number of nitrogens with one attached hydrogen (secondary N) is 1. The van der Waals surface area contributed by atoms with Crippen LogP contribution in [-0.2, 0) is 0 Å². The molecule has 0 atom stereocenters. The van der Waals surface area contributed by atoms with Gasteiger partial charge in [0.25, 0.3) is 5.91 Å². The SMILES string of the molecule is O=C(Nc1ccccc1F)c1ccccc1-n1cccn1. The highest BCUT2D eigenvalue weighted by Crippen LogP contribution is 2.18. The lowest BCUT2D eigenvalue weighted by Gasteiger charge is -2.10. The molecule has 1 aromatic heterocycles. The Kier molecular flexibility index (Phi) is 3.47. The van der Waals surface area contributed by atoms with E-state index in [1.54, 1.807) is 53.5 Å². The summed E-state index contributed by atoms with van der Waals surface area (Å²) in [6.45, 7) is 0. The van der Waals surface area contributed by atoms with Crippen molar-refractivity contribution in [1.29, 1.82) is 0 Å². The number of benzene rings is 2. The van der Waals surface area contributed by atoms with Crippen LogP contribution >= 0.6 is 0 Å². The van der Waals surface area contributed by atoms with Gasteiger partial charge in [0, 0.05) is 12.4 Å². The van der Waals surface area contributed by atoms with Crippen LogP contribution in [0.2, 0.25) is 0 Å². The lowest BCUT2D eigenvalue weighted by molar-refractivity contribution is 0.102. The molecule has 3 rings (SSSR count). The number of hydrogen-bond acceptors (Lipinski definition) is 2. The van der Waals surface area contributed by atoms with E-state index in [4.69, 9.17) is 0 Å². The quantitative estimate of drug-likeness (QED) is 0.801. The molecule has 2 aromatic carbocycles. The second-order valence-electron chi connectivity index (χ2n) is 4.40. The molecule has 1 amide bonds. The Hall–Kier alpha value is -2.95. The highest BCUT2D eigenvalue weighted by molar-refractivity contribution is 6.06. The van der Waals surface area contributed by atoms with Crippen LogP contribution in [0, 0.1) is 5.82 Å². The van der Waals surface area contributed by atoms with Gasteiger partial charge >= 0.3 is 0 Å². The Morgan fingerprint density at radius 1 is 1.05 bits per heavy atom. The van der Waals surface area contributed by atoms with Crippen molar-refractivity contribution < 1.29 is 9.18 Å². The Labute approximate surface area is 120 Å². The molecule has 1 heterocycles. The van der Waals surface area contributed by atoms with Crippen LogP contribution in [0.4, 0.5) is 10.1 Å². The van der Waals surface area contributed by atoms with Gasteiger partial charge < -0.3 is 5.32 Å². The highest BCUT2D eigenvalue weighted by Gasteiger charge is 2.14. The zero-order valence-corrected chi connectivity index (χ0v) is 11.0. The number of anilines is 1. The maximum Gasteiger partial charge on any atom is 0.257 e. The van der Waals surface area contributed by atoms with Gasteiger partial charge in [-0.25, -0.2) is 9.07 Å². The van der Waals surface area contributed by atoms with Gasteiger partial charge in [0.05, 0.1) is 16.9 Å². The molecule has 5 heteroatoms. The standard InChI is InChI=1S/C16H12FN3O/c17-13-7-2-3-8-14(13)19-16(21)12-6-1-4-9-15(12)20-11-5-10-18-20/h1-11H,(H,19,21). The van der Waals surface area contributed by atoms with Crippen molar-refractivity contribution >= 4 is 11.6 Å². The second kappa shape index (κ2) is 5.58. The first kappa shape index (κ1) is 13.1. The zero-order valence-electron chi connectivity index (χ0n) is 11.0. The summed E-state index contributed by atoms with van der Waals surface area (Å²) in [6, 6.07) is 14.8. The van der Waals surface area contributed by atoms with Gasteiger partial charge in [-0.1, -0.05) is 24.3 Å². The molecule has 104 valence electrons. The first-order valence-electron chi connectivity index (χ1n) is 6.40. The van der Waals surface area contributed by atoms with Gasteiger partial charge in [0.1, 0.15) is 5.82 Å². The van der Waals surface area contributed by atoms with Crippen molar-refractivity contribution in [3.63, 3.8) is 0 Å². The van der Waals surface area contributed by atoms with Crippen molar-refractivity contribution in [2.75, 3.05) is 5.32 Å². The van der Waals surface area contributed by atoms with E-state index in [9.17, 15) is 9.18 Å². The Balaban J connectivity index is 1.94. The summed E-state index contributed by atoms with van der Waals surface area (Å²) in [4.78, 5) is 12.4. The number of nitrogens with zero attached hydrogens (tertiary/aromatic N) is 2. The maximum atomic E-state index is 13.6. The third kappa shape index (κ3) is 2.67. The average Bonchev–Trinajstić information content (AvgIpc) is 3.04. The number of aromatic nitrogens is 2. The molecule has 4 nitrogen and oxygen atoms in total. The summed E-state index contributed by atoms with van der Waals surface area (Å²) < 4.78 is 15.2. The first-order chi connectivity index (χ1) is 10.3. The molecule has 21 heavy (non-hydrogen) atoms. The number of rotatable bonds is 3. The number of para-hydroxylation sites is 2. The predicted octanol–water partition coefficient (Wildman–Crippen LogP) is 3.26. The third-order valence-electron chi connectivity index (χ3n) is 3.02. The molecule has 0 saturated heterocycles. The Morgan fingerprint density at radius 2 is 1.81 bits per heavy atom. The Morgan fingerprint density at radius 3 is 2.57 bits per heavy atom. The molecule has 0 fully saturated rings. The normalized spacial score (nSPS) is 10.3. The fourth-order valence-electron chi connectivity index (χ4n) is 2.03. The summed E-state index contributed by atoms with van der Waals surface area (Å²) >= 11 is 0. The fourth-order valence-corrected chi connectivity index (χ4v) is 2.03. The minimum atomic E-state index is -0.470. The molecular formula is C16H12FN3O. The molecule has 0 aliphatic rings. The van der Waals surface area contributed by atoms with E-state index in [1.807, 2.05) is 6.07 Å². The minimum Gasteiger partial charge on any atom is -0.319 e. The van der Waals surface area contributed by atoms with Crippen molar-refractivity contribution in [1.82, 2.24) is 9.78 Å². The highest BCUT2D eigenvalue weighted by atomic mass is 19.1. The van der Waals surface area contributed by atoms with Gasteiger partial charge in [-0.2, -0.15) is 5.10 Å². The van der Waals surface area contributed by atoms with E-state index in [0.29, 0.717) is 11.3 Å². The molecule has 3 aromatic rings. The summed E-state index contributed by atoms with van der Waals surface area (Å²) in [5, 5.41) is 6.69. The first-order valence-corrected chi connectivity index (χ1v) is 6.40. The predicted molar refractivity (Wildman–Crippen MR) is 77.9 cm³/mol. The monoisotopic (exact) mass is 281 g/mol. The molecule has 0 aliphatic carbocycles. The van der Waals surface area contributed by atoms with Crippen molar-refractivity contribution in [3.8, 4) is 5.69 Å². The largest absolute Gasteiger partial charge is 0.319 e. The van der Waals surface area contributed by atoms with Crippen LogP contribution in [-0.4, -0.2) is 15.7 Å². The van der Waals surface area contributed by atoms with E-state index in [-0.39, 0.29) is 11.6 Å². The van der Waals surface area contributed by atoms with E-state index in [0.717, 1.165) is 0 Å². The zero-order chi connectivity index (χ0) is 14.7. The maximum absolute atomic E-state index is 13.6. The van der Waals surface area contributed by atoms with Crippen LogP contribution in [0.3, 0.4) is 0 Å². The summed E-state index contributed by atoms with van der Waals surface area (Å²) in [6.07, 6.45) is 3.38. The molecule has 1 N–H and O–H groups in total. The van der Waals surface area contributed by atoms with E-state index >= 15 is 0 Å². The number of hydrogen-bond donors (Lipinski definition) is 1. The van der Waals surface area contributed by atoms with Gasteiger partial charge in [-0.15, -0.1) is 0 Å². The van der Waals surface area contributed by atoms with Crippen molar-refractivity contribution in [2.24, 2.45) is 0 Å². The smallest absolute Gasteiger partial charge is 0.257 e. The summed E-state index contributed by atoms with van der Waals surface area (Å²) in [5.41, 5.74) is 1.21. The third-order valence-corrected chi connectivity index (χ3v) is 3.02. The average molecular weight is 281 g/mol. The molecular weight excluding hydrogens is 269 g/mol. The number of carbonyl (C=O) groups is 1. The topological polar surface area (TPSA) is 46.9 Å². The van der Waals surface area contributed by atoms with Crippen molar-refractivity contribution in [2.45, 2.75) is 0 Å². The van der Waals surface area contributed by atoms with Gasteiger partial charge in [0.15, 0.2) is 0 Å². The van der Waals surface area contributed by atoms with Crippen LogP contribution in [0.5, 0.6) is 0 Å². The minimum absolute atomic E-state index is 0.151. The number of carbonyl (C=O) groups excluding carboxylic acids is 1. The van der Waals surface area contributed by atoms with E-state index in [1.165, 1.54) is 12.1 Å². The van der Waals surface area contributed by atoms with E-state index in [2.05, 4.69) is 10.4 Å². The molecule has 0 radical (unpaired) electrons. The summed E-state index contributed by atoms with van der Waals surface area (Å²) in [5.74, 6) is -0.853. The van der Waals surface area contributed by atoms with Gasteiger partial charge in [-0.05, 0) is 30.3 Å². The molecule has 0 spiro atoms. The van der Waals surface area contributed by atoms with Gasteiger partial charge in [-0.3, -0.25) is 4.79 Å². The molecule has 0 saturated carbocycles. The van der Waals surface area contributed by atoms with Crippen molar-refractivity contribution in [3.05, 3.63) is 78.4 Å². The van der Waals surface area contributed by atoms with Crippen LogP contribution in [0.25, 0.3) is 5.69 Å². The van der Waals surface area contributed by atoms with Crippen LogP contribution < -0.4 is 5.32 Å². The second-order valence-corrected chi connectivity index (χ2v) is 4.40. The fraction of sp³-hybridized carbons (Fsp3) is 0. The Bertz CT molecular complexity index is 769. The lowest BCUT2D eigenvalue weighted by Crippen LogP contribution is -2.16. The van der Waals surface area contributed by atoms with Crippen LogP contribution in [0.15, 0.2) is 67.0 Å². The number of halogens is 1. The van der Waals surface area contributed by atoms with E-state index < -0.39 is 5.82 Å². The summed E-state index contributed by atoms with van der Waals surface area (Å²) in [7, 11) is 0. The molecule has 0 unspecified atom stereocenters. The lowest BCUT2D eigenvalue weighted by atomic mass is 10.1. The van der Waals surface area contributed by atoms with Gasteiger partial charge in [0.2, 0.25) is 0 Å². The number of amides is 1.